The van der Waals surface area contributed by atoms with Crippen LogP contribution in [-0.2, 0) is 9.53 Å². The number of rotatable bonds is 14. The van der Waals surface area contributed by atoms with E-state index in [1.165, 1.54) is 57.8 Å². The Balaban J connectivity index is 3.11. The zero-order chi connectivity index (χ0) is 15.1. The number of unbranched alkanes of at least 4 members (excludes halogenated alkanes) is 9. The minimum atomic E-state index is -0.103. The highest BCUT2D eigenvalue weighted by atomic mass is 35.5. The van der Waals surface area contributed by atoms with Crippen LogP contribution in [0.4, 0.5) is 0 Å². The van der Waals surface area contributed by atoms with Crippen molar-refractivity contribution in [1.29, 1.82) is 0 Å². The highest BCUT2D eigenvalue weighted by molar-refractivity contribution is 6.20. The number of alkyl halides is 1. The standard InChI is InChI=1S/C17H33ClO2/c1-3-4-5-6-7-8-9-10-11-12-15-20-17(19)14-13-16(2)18/h16H,3-15H2,1-2H3. The van der Waals surface area contributed by atoms with Gasteiger partial charge in [0.1, 0.15) is 0 Å². The Kier molecular flexibility index (Phi) is 15.0. The number of esters is 1. The molecule has 0 aliphatic rings. The predicted molar refractivity (Wildman–Crippen MR) is 87.4 cm³/mol. The van der Waals surface area contributed by atoms with Crippen molar-refractivity contribution < 1.29 is 9.53 Å². The third-order valence-corrected chi connectivity index (χ3v) is 3.73. The summed E-state index contributed by atoms with van der Waals surface area (Å²) in [4.78, 5) is 11.3. The van der Waals surface area contributed by atoms with Gasteiger partial charge in [0, 0.05) is 11.8 Å². The van der Waals surface area contributed by atoms with Gasteiger partial charge in [0.15, 0.2) is 0 Å². The van der Waals surface area contributed by atoms with Gasteiger partial charge in [-0.25, -0.2) is 0 Å². The molecular formula is C17H33ClO2. The Morgan fingerprint density at radius 1 is 0.950 bits per heavy atom. The van der Waals surface area contributed by atoms with E-state index in [9.17, 15) is 4.79 Å². The molecule has 3 heteroatoms. The van der Waals surface area contributed by atoms with Gasteiger partial charge < -0.3 is 4.74 Å². The van der Waals surface area contributed by atoms with E-state index in [0.29, 0.717) is 19.4 Å². The normalized spacial score (nSPS) is 12.3. The van der Waals surface area contributed by atoms with Crippen LogP contribution < -0.4 is 0 Å². The Labute approximate surface area is 130 Å². The summed E-state index contributed by atoms with van der Waals surface area (Å²) in [5.74, 6) is -0.103. The number of ether oxygens (including phenoxy) is 1. The fourth-order valence-electron chi connectivity index (χ4n) is 2.16. The molecule has 0 aromatic heterocycles. The average molecular weight is 305 g/mol. The second-order valence-corrected chi connectivity index (χ2v) is 6.47. The van der Waals surface area contributed by atoms with E-state index in [0.717, 1.165) is 6.42 Å². The smallest absolute Gasteiger partial charge is 0.305 e. The summed E-state index contributed by atoms with van der Waals surface area (Å²) >= 11 is 5.79. The highest BCUT2D eigenvalue weighted by Gasteiger charge is 2.05. The Morgan fingerprint density at radius 3 is 1.95 bits per heavy atom. The molecule has 0 bridgehead atoms. The van der Waals surface area contributed by atoms with Gasteiger partial charge in [-0.2, -0.15) is 0 Å². The Morgan fingerprint density at radius 2 is 1.45 bits per heavy atom. The molecule has 0 aromatic rings. The third-order valence-electron chi connectivity index (χ3n) is 3.51. The number of carbonyl (C=O) groups excluding carboxylic acids is 1. The largest absolute Gasteiger partial charge is 0.466 e. The highest BCUT2D eigenvalue weighted by Crippen LogP contribution is 2.10. The quantitative estimate of drug-likeness (QED) is 0.228. The molecule has 0 radical (unpaired) electrons. The first-order valence-electron chi connectivity index (χ1n) is 8.46. The molecule has 0 aromatic carbocycles. The van der Waals surface area contributed by atoms with Crippen LogP contribution in [-0.4, -0.2) is 18.0 Å². The van der Waals surface area contributed by atoms with Gasteiger partial charge in [0.25, 0.3) is 0 Å². The van der Waals surface area contributed by atoms with E-state index in [-0.39, 0.29) is 11.3 Å². The molecule has 0 fully saturated rings. The van der Waals surface area contributed by atoms with Gasteiger partial charge >= 0.3 is 5.97 Å². The van der Waals surface area contributed by atoms with E-state index in [1.807, 2.05) is 6.92 Å². The molecule has 0 rings (SSSR count). The summed E-state index contributed by atoms with van der Waals surface area (Å²) in [5, 5.41) is 0.0554. The number of carbonyl (C=O) groups is 1. The van der Waals surface area contributed by atoms with Crippen LogP contribution in [0, 0.1) is 0 Å². The van der Waals surface area contributed by atoms with Crippen molar-refractivity contribution in [3.63, 3.8) is 0 Å². The average Bonchev–Trinajstić information content (AvgIpc) is 2.42. The van der Waals surface area contributed by atoms with Crippen molar-refractivity contribution in [2.45, 2.75) is 96.3 Å². The van der Waals surface area contributed by atoms with Crippen molar-refractivity contribution in [2.75, 3.05) is 6.61 Å². The lowest BCUT2D eigenvalue weighted by Crippen LogP contribution is -2.07. The minimum Gasteiger partial charge on any atom is -0.466 e. The SMILES string of the molecule is CCCCCCCCCCCCOC(=O)CCC(C)Cl. The van der Waals surface area contributed by atoms with E-state index in [1.54, 1.807) is 0 Å². The molecule has 0 spiro atoms. The molecular weight excluding hydrogens is 272 g/mol. The molecule has 0 N–H and O–H groups in total. The van der Waals surface area contributed by atoms with Crippen LogP contribution in [0.25, 0.3) is 0 Å². The first kappa shape index (κ1) is 19.8. The molecule has 0 saturated heterocycles. The molecule has 0 aliphatic carbocycles. The lowest BCUT2D eigenvalue weighted by Gasteiger charge is -2.06. The van der Waals surface area contributed by atoms with E-state index in [4.69, 9.17) is 16.3 Å². The zero-order valence-corrected chi connectivity index (χ0v) is 14.2. The van der Waals surface area contributed by atoms with Crippen LogP contribution in [0.5, 0.6) is 0 Å². The second kappa shape index (κ2) is 15.2. The van der Waals surface area contributed by atoms with E-state index < -0.39 is 0 Å². The van der Waals surface area contributed by atoms with Crippen molar-refractivity contribution in [3.05, 3.63) is 0 Å². The monoisotopic (exact) mass is 304 g/mol. The summed E-state index contributed by atoms with van der Waals surface area (Å²) in [6.45, 7) is 4.73. The van der Waals surface area contributed by atoms with Crippen LogP contribution in [0.1, 0.15) is 90.9 Å². The lowest BCUT2D eigenvalue weighted by atomic mass is 10.1. The van der Waals surface area contributed by atoms with Crippen molar-refractivity contribution in [2.24, 2.45) is 0 Å². The van der Waals surface area contributed by atoms with Crippen LogP contribution in [0.15, 0.2) is 0 Å². The van der Waals surface area contributed by atoms with Gasteiger partial charge in [0.05, 0.1) is 6.61 Å². The number of hydrogen-bond donors (Lipinski definition) is 0. The molecule has 2 nitrogen and oxygen atoms in total. The van der Waals surface area contributed by atoms with E-state index in [2.05, 4.69) is 6.92 Å². The van der Waals surface area contributed by atoms with Crippen molar-refractivity contribution in [1.82, 2.24) is 0 Å². The molecule has 1 atom stereocenters. The molecule has 0 heterocycles. The summed E-state index contributed by atoms with van der Waals surface area (Å²) < 4.78 is 5.17. The maximum Gasteiger partial charge on any atom is 0.305 e. The lowest BCUT2D eigenvalue weighted by molar-refractivity contribution is -0.143. The van der Waals surface area contributed by atoms with Crippen LogP contribution in [0.3, 0.4) is 0 Å². The molecule has 0 saturated carbocycles. The molecule has 20 heavy (non-hydrogen) atoms. The van der Waals surface area contributed by atoms with Crippen LogP contribution >= 0.6 is 11.6 Å². The maximum absolute atomic E-state index is 11.3. The van der Waals surface area contributed by atoms with Crippen molar-refractivity contribution >= 4 is 17.6 Å². The molecule has 1 unspecified atom stereocenters. The summed E-state index contributed by atoms with van der Waals surface area (Å²) in [7, 11) is 0. The second-order valence-electron chi connectivity index (χ2n) is 5.72. The summed E-state index contributed by atoms with van der Waals surface area (Å²) in [6.07, 6.45) is 14.2. The summed E-state index contributed by atoms with van der Waals surface area (Å²) in [6, 6.07) is 0. The third kappa shape index (κ3) is 15.8. The van der Waals surface area contributed by atoms with Crippen molar-refractivity contribution in [3.8, 4) is 0 Å². The molecule has 0 aliphatic heterocycles. The number of halogens is 1. The Hall–Kier alpha value is -0.240. The zero-order valence-electron chi connectivity index (χ0n) is 13.5. The predicted octanol–water partition coefficient (Wildman–Crippen LogP) is 5.86. The van der Waals surface area contributed by atoms with Crippen LogP contribution in [0.2, 0.25) is 0 Å². The topological polar surface area (TPSA) is 26.3 Å². The fourth-order valence-corrected chi connectivity index (χ4v) is 2.27. The number of hydrogen-bond acceptors (Lipinski definition) is 2. The maximum atomic E-state index is 11.3. The molecule has 120 valence electrons. The Bertz CT molecular complexity index is 217. The first-order chi connectivity index (χ1) is 9.66. The summed E-state index contributed by atoms with van der Waals surface area (Å²) in [5.41, 5.74) is 0. The van der Waals surface area contributed by atoms with Gasteiger partial charge in [-0.05, 0) is 19.8 Å². The molecule has 0 amide bonds. The van der Waals surface area contributed by atoms with Gasteiger partial charge in [-0.15, -0.1) is 11.6 Å². The van der Waals surface area contributed by atoms with Gasteiger partial charge in [-0.3, -0.25) is 4.79 Å². The fraction of sp³-hybridized carbons (Fsp3) is 0.941. The minimum absolute atomic E-state index is 0.0554. The van der Waals surface area contributed by atoms with Gasteiger partial charge in [-0.1, -0.05) is 64.7 Å². The van der Waals surface area contributed by atoms with Gasteiger partial charge in [0.2, 0.25) is 0 Å². The first-order valence-corrected chi connectivity index (χ1v) is 8.90. The van der Waals surface area contributed by atoms with E-state index >= 15 is 0 Å².